The van der Waals surface area contributed by atoms with E-state index in [2.05, 4.69) is 5.32 Å². The zero-order valence-corrected chi connectivity index (χ0v) is 7.67. The lowest BCUT2D eigenvalue weighted by molar-refractivity contribution is -0.122. The summed E-state index contributed by atoms with van der Waals surface area (Å²) in [6.45, 7) is 0. The Kier molecular flexibility index (Phi) is 2.24. The van der Waals surface area contributed by atoms with E-state index >= 15 is 0 Å². The number of anilines is 1. The largest absolute Gasteiger partial charge is 0.382 e. The van der Waals surface area contributed by atoms with Gasteiger partial charge in [-0.25, -0.2) is 0 Å². The van der Waals surface area contributed by atoms with Crippen molar-refractivity contribution in [3.8, 4) is 0 Å². The SMILES string of the molecule is O=C1Nc2ccccc2SCC1O. The van der Waals surface area contributed by atoms with Crippen molar-refractivity contribution in [1.82, 2.24) is 0 Å². The van der Waals surface area contributed by atoms with Crippen LogP contribution in [0.2, 0.25) is 0 Å². The molecule has 0 radical (unpaired) electrons. The van der Waals surface area contributed by atoms with Crippen molar-refractivity contribution in [2.24, 2.45) is 0 Å². The van der Waals surface area contributed by atoms with Crippen LogP contribution in [-0.4, -0.2) is 22.9 Å². The van der Waals surface area contributed by atoms with Crippen molar-refractivity contribution >= 4 is 23.4 Å². The van der Waals surface area contributed by atoms with E-state index in [4.69, 9.17) is 0 Å². The minimum Gasteiger partial charge on any atom is -0.382 e. The number of rotatable bonds is 0. The summed E-state index contributed by atoms with van der Waals surface area (Å²) < 4.78 is 0. The summed E-state index contributed by atoms with van der Waals surface area (Å²) in [6.07, 6.45) is -0.905. The quantitative estimate of drug-likeness (QED) is 0.651. The summed E-state index contributed by atoms with van der Waals surface area (Å²) in [7, 11) is 0. The summed E-state index contributed by atoms with van der Waals surface area (Å²) in [6, 6.07) is 7.53. The molecule has 1 heterocycles. The Labute approximate surface area is 80.1 Å². The van der Waals surface area contributed by atoms with E-state index in [9.17, 15) is 9.90 Å². The topological polar surface area (TPSA) is 49.3 Å². The number of hydrogen-bond acceptors (Lipinski definition) is 3. The molecule has 0 bridgehead atoms. The molecule has 1 aromatic rings. The highest BCUT2D eigenvalue weighted by molar-refractivity contribution is 7.99. The number of nitrogens with one attached hydrogen (secondary N) is 1. The molecule has 0 saturated heterocycles. The second-order valence-corrected chi connectivity index (χ2v) is 3.87. The Morgan fingerprint density at radius 2 is 2.23 bits per heavy atom. The Balaban J connectivity index is 2.35. The third-order valence-electron chi connectivity index (χ3n) is 1.84. The van der Waals surface area contributed by atoms with Crippen LogP contribution in [-0.2, 0) is 4.79 Å². The van der Waals surface area contributed by atoms with Gasteiger partial charge < -0.3 is 10.4 Å². The van der Waals surface area contributed by atoms with Gasteiger partial charge in [-0.1, -0.05) is 12.1 Å². The third kappa shape index (κ3) is 1.68. The lowest BCUT2D eigenvalue weighted by atomic mass is 10.3. The number of thioether (sulfide) groups is 1. The van der Waals surface area contributed by atoms with Crippen LogP contribution in [0, 0.1) is 0 Å². The lowest BCUT2D eigenvalue weighted by Crippen LogP contribution is -2.27. The first kappa shape index (κ1) is 8.59. The molecule has 1 atom stereocenters. The lowest BCUT2D eigenvalue weighted by Gasteiger charge is -2.04. The maximum atomic E-state index is 11.2. The van der Waals surface area contributed by atoms with Crippen molar-refractivity contribution in [2.75, 3.05) is 11.1 Å². The van der Waals surface area contributed by atoms with Gasteiger partial charge in [0.25, 0.3) is 5.91 Å². The summed E-state index contributed by atoms with van der Waals surface area (Å²) in [5.41, 5.74) is 0.786. The van der Waals surface area contributed by atoms with Crippen LogP contribution in [0.4, 0.5) is 5.69 Å². The van der Waals surface area contributed by atoms with Crippen LogP contribution in [0.5, 0.6) is 0 Å². The van der Waals surface area contributed by atoms with E-state index in [1.54, 1.807) is 0 Å². The average Bonchev–Trinajstić information content (AvgIpc) is 2.28. The minimum atomic E-state index is -0.905. The number of carbonyl (C=O) groups is 1. The highest BCUT2D eigenvalue weighted by atomic mass is 32.2. The Morgan fingerprint density at radius 3 is 3.08 bits per heavy atom. The third-order valence-corrected chi connectivity index (χ3v) is 2.99. The molecule has 1 aromatic carbocycles. The van der Waals surface area contributed by atoms with Gasteiger partial charge >= 0.3 is 0 Å². The van der Waals surface area contributed by atoms with Gasteiger partial charge in [-0.05, 0) is 12.1 Å². The fourth-order valence-corrected chi connectivity index (χ4v) is 2.09. The molecule has 1 aliphatic rings. The predicted molar refractivity (Wildman–Crippen MR) is 51.8 cm³/mol. The molecule has 2 N–H and O–H groups in total. The maximum absolute atomic E-state index is 11.2. The van der Waals surface area contributed by atoms with Gasteiger partial charge in [0, 0.05) is 10.6 Å². The van der Waals surface area contributed by atoms with Gasteiger partial charge in [0.15, 0.2) is 0 Å². The molecule has 1 aliphatic heterocycles. The van der Waals surface area contributed by atoms with Crippen LogP contribution in [0.1, 0.15) is 0 Å². The van der Waals surface area contributed by atoms with E-state index in [1.807, 2.05) is 24.3 Å². The van der Waals surface area contributed by atoms with E-state index in [0.717, 1.165) is 10.6 Å². The highest BCUT2D eigenvalue weighted by Crippen LogP contribution is 2.29. The minimum absolute atomic E-state index is 0.322. The van der Waals surface area contributed by atoms with Crippen molar-refractivity contribution in [1.29, 1.82) is 0 Å². The fraction of sp³-hybridized carbons (Fsp3) is 0.222. The number of hydrogen-bond donors (Lipinski definition) is 2. The zero-order valence-electron chi connectivity index (χ0n) is 6.86. The monoisotopic (exact) mass is 195 g/mol. The first-order valence-electron chi connectivity index (χ1n) is 3.98. The molecule has 0 aliphatic carbocycles. The predicted octanol–water partition coefficient (Wildman–Crippen LogP) is 1.09. The van der Waals surface area contributed by atoms with Crippen LogP contribution in [0.25, 0.3) is 0 Å². The van der Waals surface area contributed by atoms with Gasteiger partial charge in [-0.3, -0.25) is 4.79 Å². The molecule has 1 unspecified atom stereocenters. The van der Waals surface area contributed by atoms with Gasteiger partial charge in [0.2, 0.25) is 0 Å². The van der Waals surface area contributed by atoms with Crippen molar-refractivity contribution in [3.63, 3.8) is 0 Å². The van der Waals surface area contributed by atoms with Crippen LogP contribution in [0.3, 0.4) is 0 Å². The average molecular weight is 195 g/mol. The molecular formula is C9H9NO2S. The van der Waals surface area contributed by atoms with Gasteiger partial charge in [0.05, 0.1) is 5.69 Å². The van der Waals surface area contributed by atoms with E-state index in [-0.39, 0.29) is 5.91 Å². The van der Waals surface area contributed by atoms with Crippen molar-refractivity contribution in [2.45, 2.75) is 11.0 Å². The van der Waals surface area contributed by atoms with Gasteiger partial charge in [-0.15, -0.1) is 11.8 Å². The molecular weight excluding hydrogens is 186 g/mol. The van der Waals surface area contributed by atoms with Crippen LogP contribution in [0.15, 0.2) is 29.2 Å². The number of benzene rings is 1. The summed E-state index contributed by atoms with van der Waals surface area (Å²) in [5.74, 6) is 0.0977. The molecule has 1 amide bonds. The molecule has 3 nitrogen and oxygen atoms in total. The van der Waals surface area contributed by atoms with Crippen LogP contribution >= 0.6 is 11.8 Å². The normalized spacial score (nSPS) is 21.6. The number of fused-ring (bicyclic) bond motifs is 1. The summed E-state index contributed by atoms with van der Waals surface area (Å²) in [5, 5.41) is 12.0. The van der Waals surface area contributed by atoms with Crippen molar-refractivity contribution in [3.05, 3.63) is 24.3 Å². The van der Waals surface area contributed by atoms with Crippen molar-refractivity contribution < 1.29 is 9.90 Å². The van der Waals surface area contributed by atoms with E-state index in [0.29, 0.717) is 5.75 Å². The summed E-state index contributed by atoms with van der Waals surface area (Å²) in [4.78, 5) is 12.2. The second kappa shape index (κ2) is 3.40. The molecule has 0 aromatic heterocycles. The number of para-hydroxylation sites is 1. The molecule has 0 saturated carbocycles. The summed E-state index contributed by atoms with van der Waals surface area (Å²) >= 11 is 1.49. The number of aliphatic hydroxyl groups is 1. The number of amides is 1. The first-order valence-corrected chi connectivity index (χ1v) is 4.96. The van der Waals surface area contributed by atoms with Crippen LogP contribution < -0.4 is 5.32 Å². The fourth-order valence-electron chi connectivity index (χ4n) is 1.16. The standard InChI is InChI=1S/C9H9NO2S/c11-7-5-13-8-4-2-1-3-6(8)10-9(7)12/h1-4,7,11H,5H2,(H,10,12). The molecule has 13 heavy (non-hydrogen) atoms. The Hall–Kier alpha value is -1.00. The van der Waals surface area contributed by atoms with E-state index < -0.39 is 6.10 Å². The highest BCUT2D eigenvalue weighted by Gasteiger charge is 2.20. The zero-order chi connectivity index (χ0) is 9.26. The maximum Gasteiger partial charge on any atom is 0.254 e. The van der Waals surface area contributed by atoms with E-state index in [1.165, 1.54) is 11.8 Å². The molecule has 0 fully saturated rings. The molecule has 68 valence electrons. The molecule has 4 heteroatoms. The number of aliphatic hydroxyl groups excluding tert-OH is 1. The molecule has 0 spiro atoms. The smallest absolute Gasteiger partial charge is 0.254 e. The number of carbonyl (C=O) groups excluding carboxylic acids is 1. The molecule has 2 rings (SSSR count). The van der Waals surface area contributed by atoms with Gasteiger partial charge in [-0.2, -0.15) is 0 Å². The Morgan fingerprint density at radius 1 is 1.46 bits per heavy atom. The Bertz CT molecular complexity index is 340. The second-order valence-electron chi connectivity index (χ2n) is 2.81. The van der Waals surface area contributed by atoms with Gasteiger partial charge in [0.1, 0.15) is 6.10 Å². The first-order chi connectivity index (χ1) is 6.27.